The highest BCUT2D eigenvalue weighted by Crippen LogP contribution is 2.04. The number of nitrogens with zero attached hydrogens (tertiary/aromatic N) is 3. The average molecular weight is 227 g/mol. The molecule has 0 fully saturated rings. The van der Waals surface area contributed by atoms with Gasteiger partial charge in [-0.1, -0.05) is 0 Å². The summed E-state index contributed by atoms with van der Waals surface area (Å²) in [5, 5.41) is 19.8. The molecule has 2 rings (SSSR count). The molecular formula is C6H12Cl2N4O. The van der Waals surface area contributed by atoms with E-state index in [9.17, 15) is 0 Å². The highest BCUT2D eigenvalue weighted by atomic mass is 35.5. The van der Waals surface area contributed by atoms with Gasteiger partial charge in [-0.2, -0.15) is 0 Å². The smallest absolute Gasteiger partial charge is 0.158 e. The van der Waals surface area contributed by atoms with Crippen LogP contribution in [0.15, 0.2) is 0 Å². The average Bonchev–Trinajstić information content (AvgIpc) is 2.47. The fraction of sp³-hybridized carbons (Fsp3) is 0.667. The maximum atomic E-state index is 8.84. The minimum Gasteiger partial charge on any atom is -0.388 e. The molecule has 7 heteroatoms. The molecular weight excluding hydrogens is 215 g/mol. The van der Waals surface area contributed by atoms with Crippen LogP contribution in [0.1, 0.15) is 11.6 Å². The second-order valence-corrected chi connectivity index (χ2v) is 2.52. The van der Waals surface area contributed by atoms with E-state index < -0.39 is 0 Å². The van der Waals surface area contributed by atoms with Crippen LogP contribution in [0.2, 0.25) is 0 Å². The summed E-state index contributed by atoms with van der Waals surface area (Å²) in [6.07, 6.45) is 0. The fourth-order valence-corrected chi connectivity index (χ4v) is 1.27. The number of fused-ring (bicyclic) bond motifs is 1. The predicted molar refractivity (Wildman–Crippen MR) is 52.1 cm³/mol. The summed E-state index contributed by atoms with van der Waals surface area (Å²) in [6, 6.07) is 0. The lowest BCUT2D eigenvalue weighted by Crippen LogP contribution is -2.29. The quantitative estimate of drug-likeness (QED) is 0.692. The van der Waals surface area contributed by atoms with Crippen LogP contribution in [0, 0.1) is 0 Å². The van der Waals surface area contributed by atoms with Gasteiger partial charge in [-0.05, 0) is 0 Å². The Labute approximate surface area is 88.4 Å². The first-order valence-electron chi connectivity index (χ1n) is 3.64. The second kappa shape index (κ2) is 5.39. The summed E-state index contributed by atoms with van der Waals surface area (Å²) >= 11 is 0. The number of aromatic nitrogens is 3. The van der Waals surface area contributed by atoms with Gasteiger partial charge in [-0.15, -0.1) is 35.0 Å². The molecule has 13 heavy (non-hydrogen) atoms. The number of hydrogen-bond acceptors (Lipinski definition) is 4. The highest BCUT2D eigenvalue weighted by Gasteiger charge is 2.13. The van der Waals surface area contributed by atoms with Gasteiger partial charge >= 0.3 is 0 Å². The van der Waals surface area contributed by atoms with E-state index in [2.05, 4.69) is 15.5 Å². The molecule has 2 N–H and O–H groups in total. The first-order valence-corrected chi connectivity index (χ1v) is 3.64. The van der Waals surface area contributed by atoms with Crippen LogP contribution >= 0.6 is 24.8 Å². The third-order valence-corrected chi connectivity index (χ3v) is 1.84. The van der Waals surface area contributed by atoms with E-state index in [4.69, 9.17) is 5.11 Å². The highest BCUT2D eigenvalue weighted by molar-refractivity contribution is 5.85. The molecule has 0 aromatic carbocycles. The molecule has 0 spiro atoms. The van der Waals surface area contributed by atoms with Crippen LogP contribution in [0.25, 0.3) is 0 Å². The van der Waals surface area contributed by atoms with Crippen LogP contribution in [0.3, 0.4) is 0 Å². The second-order valence-electron chi connectivity index (χ2n) is 2.52. The van der Waals surface area contributed by atoms with E-state index in [1.807, 2.05) is 4.57 Å². The van der Waals surface area contributed by atoms with Crippen molar-refractivity contribution in [2.75, 3.05) is 6.54 Å². The van der Waals surface area contributed by atoms with Crippen LogP contribution in [-0.4, -0.2) is 26.4 Å². The normalized spacial score (nSPS) is 13.9. The van der Waals surface area contributed by atoms with E-state index in [1.165, 1.54) is 0 Å². The van der Waals surface area contributed by atoms with Gasteiger partial charge in [0, 0.05) is 13.1 Å². The molecule has 1 aromatic heterocycles. The maximum Gasteiger partial charge on any atom is 0.158 e. The molecule has 5 nitrogen and oxygen atoms in total. The summed E-state index contributed by atoms with van der Waals surface area (Å²) in [5.74, 6) is 1.58. The lowest BCUT2D eigenvalue weighted by atomic mass is 10.4. The largest absolute Gasteiger partial charge is 0.388 e. The Hall–Kier alpha value is -0.360. The molecule has 0 atom stereocenters. The first-order chi connectivity index (χ1) is 5.42. The van der Waals surface area contributed by atoms with Gasteiger partial charge in [0.05, 0.1) is 6.54 Å². The monoisotopic (exact) mass is 226 g/mol. The van der Waals surface area contributed by atoms with Crippen molar-refractivity contribution in [3.8, 4) is 0 Å². The van der Waals surface area contributed by atoms with Crippen molar-refractivity contribution in [2.45, 2.75) is 19.7 Å². The van der Waals surface area contributed by atoms with E-state index in [0.29, 0.717) is 5.82 Å². The molecule has 0 unspecified atom stereocenters. The summed E-state index contributed by atoms with van der Waals surface area (Å²) in [7, 11) is 0. The molecule has 1 aromatic rings. The zero-order valence-corrected chi connectivity index (χ0v) is 8.57. The van der Waals surface area contributed by atoms with Crippen LogP contribution in [0.5, 0.6) is 0 Å². The van der Waals surface area contributed by atoms with E-state index in [-0.39, 0.29) is 31.4 Å². The third-order valence-electron chi connectivity index (χ3n) is 1.84. The van der Waals surface area contributed by atoms with Crippen molar-refractivity contribution in [3.63, 3.8) is 0 Å². The van der Waals surface area contributed by atoms with Crippen molar-refractivity contribution in [1.82, 2.24) is 20.1 Å². The summed E-state index contributed by atoms with van der Waals surface area (Å²) in [4.78, 5) is 0. The minimum atomic E-state index is -0.0208. The Bertz CT molecular complexity index is 252. The number of aliphatic hydroxyl groups excluding tert-OH is 1. The Morgan fingerprint density at radius 1 is 1.38 bits per heavy atom. The molecule has 1 aliphatic rings. The fourth-order valence-electron chi connectivity index (χ4n) is 1.27. The van der Waals surface area contributed by atoms with Crippen molar-refractivity contribution in [2.24, 2.45) is 0 Å². The number of hydrogen-bond donors (Lipinski definition) is 2. The Morgan fingerprint density at radius 2 is 2.15 bits per heavy atom. The molecule has 1 aliphatic heterocycles. The number of halogens is 2. The Balaban J connectivity index is 0.000000720. The molecule has 2 heterocycles. The maximum absolute atomic E-state index is 8.84. The van der Waals surface area contributed by atoms with E-state index in [1.54, 1.807) is 0 Å². The van der Waals surface area contributed by atoms with Gasteiger partial charge in [0.25, 0.3) is 0 Å². The summed E-state index contributed by atoms with van der Waals surface area (Å²) in [6.45, 7) is 2.52. The first kappa shape index (κ1) is 12.6. The topological polar surface area (TPSA) is 63.0 Å². The van der Waals surface area contributed by atoms with Gasteiger partial charge in [0.2, 0.25) is 0 Å². The lowest BCUT2D eigenvalue weighted by molar-refractivity contribution is 0.262. The zero-order valence-electron chi connectivity index (χ0n) is 6.93. The molecule has 0 aliphatic carbocycles. The van der Waals surface area contributed by atoms with Crippen molar-refractivity contribution >= 4 is 24.8 Å². The SMILES string of the molecule is Cl.Cl.OCc1nnc2n1CCNC2. The molecule has 0 radical (unpaired) electrons. The van der Waals surface area contributed by atoms with Crippen LogP contribution < -0.4 is 5.32 Å². The van der Waals surface area contributed by atoms with Crippen LogP contribution in [-0.2, 0) is 19.7 Å². The van der Waals surface area contributed by atoms with Gasteiger partial charge in [-0.25, -0.2) is 0 Å². The Kier molecular flexibility index (Phi) is 5.24. The van der Waals surface area contributed by atoms with Gasteiger partial charge < -0.3 is 15.0 Å². The summed E-state index contributed by atoms with van der Waals surface area (Å²) in [5.41, 5.74) is 0. The van der Waals surface area contributed by atoms with Gasteiger partial charge in [0.15, 0.2) is 5.82 Å². The molecule has 0 bridgehead atoms. The van der Waals surface area contributed by atoms with Gasteiger partial charge in [0.1, 0.15) is 12.4 Å². The molecule has 0 saturated heterocycles. The number of rotatable bonds is 1. The van der Waals surface area contributed by atoms with Gasteiger partial charge in [-0.3, -0.25) is 0 Å². The third kappa shape index (κ3) is 2.31. The minimum absolute atomic E-state index is 0. The van der Waals surface area contributed by atoms with E-state index >= 15 is 0 Å². The molecule has 0 amide bonds. The Morgan fingerprint density at radius 3 is 2.85 bits per heavy atom. The van der Waals surface area contributed by atoms with Crippen molar-refractivity contribution < 1.29 is 5.11 Å². The number of nitrogens with one attached hydrogen (secondary N) is 1. The van der Waals surface area contributed by atoms with Crippen molar-refractivity contribution in [1.29, 1.82) is 0 Å². The predicted octanol–water partition coefficient (Wildman–Crippen LogP) is -0.283. The molecule has 76 valence electrons. The lowest BCUT2D eigenvalue weighted by Gasteiger charge is -2.14. The zero-order chi connectivity index (χ0) is 7.68. The standard InChI is InChI=1S/C6H10N4O.2ClH/c11-4-6-9-8-5-3-7-1-2-10(5)6;;/h7,11H,1-4H2;2*1H. The summed E-state index contributed by atoms with van der Waals surface area (Å²) < 4.78 is 1.95. The van der Waals surface area contributed by atoms with E-state index in [0.717, 1.165) is 25.5 Å². The van der Waals surface area contributed by atoms with Crippen LogP contribution in [0.4, 0.5) is 0 Å². The number of aliphatic hydroxyl groups is 1. The molecule has 0 saturated carbocycles. The van der Waals surface area contributed by atoms with Crippen molar-refractivity contribution in [3.05, 3.63) is 11.6 Å².